The predicted octanol–water partition coefficient (Wildman–Crippen LogP) is 2.46. The van der Waals surface area contributed by atoms with Crippen molar-refractivity contribution in [3.63, 3.8) is 0 Å². The number of hydrogen-bond acceptors (Lipinski definition) is 8. The summed E-state index contributed by atoms with van der Waals surface area (Å²) in [7, 11) is 4.62. The van der Waals surface area contributed by atoms with Crippen LogP contribution in [0.15, 0.2) is 29.2 Å². The minimum Gasteiger partial charge on any atom is -0.379 e. The maximum atomic E-state index is 13.3. The number of alkyl halides is 6. The number of halogens is 6. The molecule has 2 atom stereocenters. The van der Waals surface area contributed by atoms with E-state index in [4.69, 9.17) is 4.74 Å². The van der Waals surface area contributed by atoms with Gasteiger partial charge in [-0.05, 0) is 25.1 Å². The number of thiol groups is 1. The first-order valence-corrected chi connectivity index (χ1v) is 13.3. The van der Waals surface area contributed by atoms with E-state index < -0.39 is 56.6 Å². The van der Waals surface area contributed by atoms with E-state index in [2.05, 4.69) is 33.3 Å². The third-order valence-corrected chi connectivity index (χ3v) is 7.65. The number of rotatable bonds is 7. The minimum absolute atomic E-state index is 0.0807. The van der Waals surface area contributed by atoms with Crippen LogP contribution >= 0.6 is 12.6 Å². The average molecular weight is 636 g/mol. The van der Waals surface area contributed by atoms with Crippen LogP contribution in [0.2, 0.25) is 0 Å². The van der Waals surface area contributed by atoms with Crippen molar-refractivity contribution >= 4 is 51.7 Å². The molecule has 0 unspecified atom stereocenters. The number of ether oxygens (including phenoxy) is 1. The van der Waals surface area contributed by atoms with Crippen molar-refractivity contribution in [2.75, 3.05) is 55.0 Å². The number of hydrogen-bond donors (Lipinski definition) is 3. The first kappa shape index (κ1) is 31.7. The third-order valence-electron chi connectivity index (χ3n) is 6.81. The molecule has 0 spiro atoms. The van der Waals surface area contributed by atoms with Gasteiger partial charge in [0.1, 0.15) is 5.56 Å². The third kappa shape index (κ3) is 6.24. The van der Waals surface area contributed by atoms with E-state index in [1.54, 1.807) is 10.00 Å². The molecule has 18 heteroatoms. The van der Waals surface area contributed by atoms with Crippen LogP contribution in [0.25, 0.3) is 0 Å². The summed E-state index contributed by atoms with van der Waals surface area (Å²) in [5, 5.41) is 6.37. The van der Waals surface area contributed by atoms with Crippen LogP contribution < -0.4 is 20.7 Å². The van der Waals surface area contributed by atoms with E-state index in [0.29, 0.717) is 5.69 Å². The van der Waals surface area contributed by atoms with Gasteiger partial charge in [0.2, 0.25) is 5.91 Å². The van der Waals surface area contributed by atoms with E-state index in [-0.39, 0.29) is 45.0 Å². The lowest BCUT2D eigenvalue weighted by atomic mass is 10.0. The summed E-state index contributed by atoms with van der Waals surface area (Å²) in [5.74, 6) is -0.988. The number of anilines is 3. The lowest BCUT2D eigenvalue weighted by molar-refractivity contribution is -0.138. The van der Waals surface area contributed by atoms with Crippen molar-refractivity contribution < 1.29 is 40.7 Å². The molecule has 2 aliphatic rings. The number of carbonyl (C=O) groups excluding carboxylic acids is 2. The molecule has 2 amide bonds. The van der Waals surface area contributed by atoms with Crippen LogP contribution in [0.4, 0.5) is 43.4 Å². The number of H-pyrrole nitrogens is 1. The number of fused-ring (bicyclic) bond motifs is 3. The van der Waals surface area contributed by atoms with Crippen LogP contribution in [-0.2, 0) is 26.7 Å². The van der Waals surface area contributed by atoms with Crippen molar-refractivity contribution in [2.45, 2.75) is 35.7 Å². The van der Waals surface area contributed by atoms with Gasteiger partial charge in [-0.25, -0.2) is 5.10 Å². The highest BCUT2D eigenvalue weighted by atomic mass is 32.1. The Bertz CT molecular complexity index is 1440. The summed E-state index contributed by atoms with van der Waals surface area (Å²) < 4.78 is 85.2. The summed E-state index contributed by atoms with van der Waals surface area (Å²) in [4.78, 5) is 40.4. The largest absolute Gasteiger partial charge is 0.423 e. The fourth-order valence-corrected chi connectivity index (χ4v) is 5.59. The fourth-order valence-electron chi connectivity index (χ4n) is 4.83. The second-order valence-corrected chi connectivity index (χ2v) is 11.9. The van der Waals surface area contributed by atoms with Crippen molar-refractivity contribution in [1.29, 1.82) is 0 Å². The number of amides is 2. The smallest absolute Gasteiger partial charge is 0.379 e. The highest BCUT2D eigenvalue weighted by Gasteiger charge is 2.52. The molecule has 1 aromatic carbocycles. The van der Waals surface area contributed by atoms with Gasteiger partial charge in [-0.1, -0.05) is 0 Å². The number of aromatic nitrogens is 2. The van der Waals surface area contributed by atoms with Crippen LogP contribution in [0.3, 0.4) is 0 Å². The molecule has 3 radical (unpaired) electrons. The van der Waals surface area contributed by atoms with Gasteiger partial charge in [-0.3, -0.25) is 14.4 Å². The van der Waals surface area contributed by atoms with Gasteiger partial charge in [0, 0.05) is 25.3 Å². The first-order valence-electron chi connectivity index (χ1n) is 12.4. The van der Waals surface area contributed by atoms with E-state index in [9.17, 15) is 40.7 Å². The van der Waals surface area contributed by atoms with Crippen molar-refractivity contribution in [2.24, 2.45) is 0 Å². The molecular weight excluding hydrogens is 610 g/mol. The number of aromatic amines is 1. The summed E-state index contributed by atoms with van der Waals surface area (Å²) in [6, 6.07) is 3.11. The Hall–Kier alpha value is -3.25. The van der Waals surface area contributed by atoms with Gasteiger partial charge in [0.05, 0.1) is 65.2 Å². The molecule has 2 N–H and O–H groups in total. The topological polar surface area (TPSA) is 111 Å². The Kier molecular flexibility index (Phi) is 8.38. The highest BCUT2D eigenvalue weighted by Crippen LogP contribution is 2.45. The Morgan fingerprint density at radius 2 is 1.86 bits per heavy atom. The standard InChI is InChI=1S/C24H25F6N6O4SSi/c1-21(42,32-14-10-31-33-19(38)18(14)24(28,29)30)12-40-8-5-17(37)35-6-7-36-15-4-3-13(23(25,26)27)9-16(15)34(2)20(39)22(36,41)11-35/h3-4,9-10,41H,5-8,11-12H2,1-2H3,(H2,32,33,38)/t21-,22-/m0/s1. The van der Waals surface area contributed by atoms with Gasteiger partial charge in [0.25, 0.3) is 11.5 Å². The van der Waals surface area contributed by atoms with Gasteiger partial charge < -0.3 is 24.8 Å². The summed E-state index contributed by atoms with van der Waals surface area (Å²) in [5.41, 5.74) is -3.88. The number of likely N-dealkylation sites (N-methyl/N-ethyl adjacent to an activating group) is 1. The first-order chi connectivity index (χ1) is 19.3. The van der Waals surface area contributed by atoms with Crippen LogP contribution in [0.5, 0.6) is 0 Å². The SMILES string of the molecule is CN1C(=O)[C@@]2(S)CN(C(=O)CCOC[C@](C)([Si])Nc3cn[nH]c(=O)c3C(F)(F)F)CCN2c2ccc(C(F)(F)F)cc21. The maximum absolute atomic E-state index is 13.3. The maximum Gasteiger partial charge on any atom is 0.423 e. The fraction of sp³-hybridized carbons (Fsp3) is 0.500. The summed E-state index contributed by atoms with van der Waals surface area (Å²) >= 11 is 4.58. The Balaban J connectivity index is 1.36. The van der Waals surface area contributed by atoms with Crippen molar-refractivity contribution in [3.05, 3.63) is 45.9 Å². The van der Waals surface area contributed by atoms with Crippen molar-refractivity contribution in [3.8, 4) is 0 Å². The molecule has 0 aliphatic carbocycles. The molecule has 42 heavy (non-hydrogen) atoms. The molecule has 0 saturated carbocycles. The van der Waals surface area contributed by atoms with Crippen LogP contribution in [0, 0.1) is 0 Å². The Labute approximate surface area is 244 Å². The average Bonchev–Trinajstić information content (AvgIpc) is 2.87. The van der Waals surface area contributed by atoms with Gasteiger partial charge in [-0.2, -0.15) is 31.4 Å². The lowest BCUT2D eigenvalue weighted by Gasteiger charge is -2.53. The number of piperazine rings is 1. The highest BCUT2D eigenvalue weighted by molar-refractivity contribution is 7.83. The van der Waals surface area contributed by atoms with Gasteiger partial charge >= 0.3 is 12.4 Å². The normalized spacial score (nSPS) is 20.6. The number of nitrogens with one attached hydrogen (secondary N) is 2. The van der Waals surface area contributed by atoms with E-state index in [0.717, 1.165) is 23.2 Å². The molecule has 3 heterocycles. The molecule has 2 aromatic rings. The number of carbonyl (C=O) groups is 2. The molecule has 1 saturated heterocycles. The zero-order valence-electron chi connectivity index (χ0n) is 22.2. The molecule has 1 aromatic heterocycles. The molecule has 4 rings (SSSR count). The Morgan fingerprint density at radius 1 is 1.17 bits per heavy atom. The molecule has 227 valence electrons. The molecule has 2 aliphatic heterocycles. The molecule has 10 nitrogen and oxygen atoms in total. The second-order valence-electron chi connectivity index (χ2n) is 10.1. The Morgan fingerprint density at radius 3 is 2.50 bits per heavy atom. The molecule has 1 fully saturated rings. The zero-order valence-corrected chi connectivity index (χ0v) is 24.1. The predicted molar refractivity (Wildman–Crippen MR) is 144 cm³/mol. The number of benzene rings is 1. The van der Waals surface area contributed by atoms with Crippen LogP contribution in [0.1, 0.15) is 24.5 Å². The van der Waals surface area contributed by atoms with E-state index in [1.165, 1.54) is 24.9 Å². The second kappa shape index (κ2) is 11.1. The lowest BCUT2D eigenvalue weighted by Crippen LogP contribution is -2.69. The summed E-state index contributed by atoms with van der Waals surface area (Å²) in [6.45, 7) is 1.25. The quantitative estimate of drug-likeness (QED) is 0.186. The summed E-state index contributed by atoms with van der Waals surface area (Å²) in [6.07, 6.45) is -8.85. The zero-order chi connectivity index (χ0) is 31.3. The monoisotopic (exact) mass is 635 g/mol. The molecule has 0 bridgehead atoms. The van der Waals surface area contributed by atoms with Gasteiger partial charge in [-0.15, -0.1) is 12.6 Å². The minimum atomic E-state index is -4.94. The number of nitrogens with zero attached hydrogens (tertiary/aromatic N) is 4. The van der Waals surface area contributed by atoms with Crippen LogP contribution in [-0.4, -0.2) is 87.1 Å². The van der Waals surface area contributed by atoms with E-state index in [1.807, 2.05) is 0 Å². The van der Waals surface area contributed by atoms with E-state index >= 15 is 0 Å². The van der Waals surface area contributed by atoms with Gasteiger partial charge in [0.15, 0.2) is 4.87 Å². The molecular formula is C24H25F6N6O4SSi. The van der Waals surface area contributed by atoms with Crippen molar-refractivity contribution in [1.82, 2.24) is 15.1 Å².